The van der Waals surface area contributed by atoms with Crippen molar-refractivity contribution in [1.29, 1.82) is 0 Å². The summed E-state index contributed by atoms with van der Waals surface area (Å²) in [6.07, 6.45) is 3.83. The van der Waals surface area contributed by atoms with E-state index in [2.05, 4.69) is 22.4 Å². The zero-order valence-corrected chi connectivity index (χ0v) is 9.29. The third-order valence-corrected chi connectivity index (χ3v) is 3.35. The van der Waals surface area contributed by atoms with Crippen LogP contribution in [-0.4, -0.2) is 11.5 Å². The number of piperidine rings is 1. The smallest absolute Gasteiger partial charge is 0.0473 e. The van der Waals surface area contributed by atoms with E-state index < -0.39 is 0 Å². The van der Waals surface area contributed by atoms with Crippen LogP contribution in [0.2, 0.25) is 0 Å². The van der Waals surface area contributed by atoms with E-state index in [9.17, 15) is 0 Å². The zero-order valence-electron chi connectivity index (χ0n) is 9.29. The summed E-state index contributed by atoms with van der Waals surface area (Å²) in [7, 11) is 0. The Morgan fingerprint density at radius 2 is 2.12 bits per heavy atom. The molecule has 1 aliphatic rings. The van der Waals surface area contributed by atoms with Crippen molar-refractivity contribution in [2.75, 3.05) is 12.3 Å². The Morgan fingerprint density at radius 3 is 2.94 bits per heavy atom. The molecule has 1 fully saturated rings. The van der Waals surface area contributed by atoms with Gasteiger partial charge < -0.3 is 16.0 Å². The van der Waals surface area contributed by atoms with Crippen molar-refractivity contribution in [2.24, 2.45) is 0 Å². The van der Waals surface area contributed by atoms with Crippen LogP contribution in [0.25, 0.3) is 10.9 Å². The maximum absolute atomic E-state index is 5.78. The largest absolute Gasteiger partial charge is 0.399 e. The van der Waals surface area contributed by atoms with Crippen LogP contribution in [0.5, 0.6) is 0 Å². The molecule has 0 saturated carbocycles. The van der Waals surface area contributed by atoms with Gasteiger partial charge in [-0.2, -0.15) is 0 Å². The first kappa shape index (κ1) is 9.73. The number of fused-ring (bicyclic) bond motifs is 1. The molecule has 1 unspecified atom stereocenters. The first-order chi connectivity index (χ1) is 7.83. The van der Waals surface area contributed by atoms with Gasteiger partial charge in [0.05, 0.1) is 0 Å². The topological polar surface area (TPSA) is 53.8 Å². The lowest BCUT2D eigenvalue weighted by atomic mass is 10.0. The molecule has 84 valence electrons. The maximum Gasteiger partial charge on any atom is 0.0473 e. The molecule has 16 heavy (non-hydrogen) atoms. The first-order valence-corrected chi connectivity index (χ1v) is 5.94. The van der Waals surface area contributed by atoms with Crippen LogP contribution in [0.1, 0.15) is 31.0 Å². The molecule has 3 heteroatoms. The van der Waals surface area contributed by atoms with Gasteiger partial charge in [-0.25, -0.2) is 0 Å². The second-order valence-corrected chi connectivity index (χ2v) is 4.57. The molecular formula is C13H17N3. The molecule has 1 aromatic carbocycles. The number of H-pyrrole nitrogens is 1. The Labute approximate surface area is 95.0 Å². The van der Waals surface area contributed by atoms with E-state index in [1.807, 2.05) is 12.1 Å². The number of anilines is 1. The number of rotatable bonds is 1. The van der Waals surface area contributed by atoms with Gasteiger partial charge in [0, 0.05) is 28.3 Å². The Balaban J connectivity index is 1.97. The predicted octanol–water partition coefficient (Wildman–Crippen LogP) is 2.56. The normalized spacial score (nSPS) is 21.4. The van der Waals surface area contributed by atoms with Gasteiger partial charge in [0.15, 0.2) is 0 Å². The highest BCUT2D eigenvalue weighted by molar-refractivity contribution is 5.83. The molecule has 0 bridgehead atoms. The molecule has 3 rings (SSSR count). The van der Waals surface area contributed by atoms with Crippen LogP contribution in [0, 0.1) is 0 Å². The molecule has 2 aromatic rings. The fourth-order valence-corrected chi connectivity index (χ4v) is 2.48. The molecular weight excluding hydrogens is 198 g/mol. The highest BCUT2D eigenvalue weighted by Crippen LogP contribution is 2.26. The molecule has 1 saturated heterocycles. The lowest BCUT2D eigenvalue weighted by molar-refractivity contribution is 0.407. The summed E-state index contributed by atoms with van der Waals surface area (Å²) < 4.78 is 0. The monoisotopic (exact) mass is 215 g/mol. The van der Waals surface area contributed by atoms with Crippen LogP contribution >= 0.6 is 0 Å². The summed E-state index contributed by atoms with van der Waals surface area (Å²) in [5.41, 5.74) is 9.08. The minimum atomic E-state index is 0.488. The number of hydrogen-bond acceptors (Lipinski definition) is 2. The lowest BCUT2D eigenvalue weighted by Crippen LogP contribution is -2.26. The average molecular weight is 215 g/mol. The van der Waals surface area contributed by atoms with Gasteiger partial charge in [0.1, 0.15) is 0 Å². The fraction of sp³-hybridized carbons (Fsp3) is 0.385. The lowest BCUT2D eigenvalue weighted by Gasteiger charge is -2.22. The Morgan fingerprint density at radius 1 is 1.19 bits per heavy atom. The highest BCUT2D eigenvalue weighted by atomic mass is 14.9. The summed E-state index contributed by atoms with van der Waals surface area (Å²) in [6.45, 7) is 1.13. The number of aromatic amines is 1. The van der Waals surface area contributed by atoms with Crippen molar-refractivity contribution in [3.63, 3.8) is 0 Å². The number of benzene rings is 1. The van der Waals surface area contributed by atoms with Crippen LogP contribution in [-0.2, 0) is 0 Å². The van der Waals surface area contributed by atoms with Gasteiger partial charge in [-0.3, -0.25) is 0 Å². The van der Waals surface area contributed by atoms with Crippen LogP contribution < -0.4 is 11.1 Å². The van der Waals surface area contributed by atoms with Crippen molar-refractivity contribution < 1.29 is 0 Å². The molecule has 3 nitrogen and oxygen atoms in total. The molecule has 4 N–H and O–H groups in total. The van der Waals surface area contributed by atoms with Crippen LogP contribution in [0.4, 0.5) is 5.69 Å². The summed E-state index contributed by atoms with van der Waals surface area (Å²) in [5, 5.41) is 4.76. The number of nitrogen functional groups attached to an aromatic ring is 1. The second-order valence-electron chi connectivity index (χ2n) is 4.57. The standard InChI is InChI=1S/C13H17N3/c14-10-4-5-11-9(7-10)8-13(16-11)12-3-1-2-6-15-12/h4-5,7-8,12,15-16H,1-3,6,14H2. The molecule has 1 atom stereocenters. The molecule has 0 radical (unpaired) electrons. The predicted molar refractivity (Wildman–Crippen MR) is 67.3 cm³/mol. The summed E-state index contributed by atoms with van der Waals surface area (Å²) in [6, 6.07) is 8.73. The molecule has 1 aliphatic heterocycles. The number of hydrogen-bond donors (Lipinski definition) is 3. The maximum atomic E-state index is 5.78. The first-order valence-electron chi connectivity index (χ1n) is 5.94. The summed E-state index contributed by atoms with van der Waals surface area (Å²) in [4.78, 5) is 3.47. The Hall–Kier alpha value is -1.48. The van der Waals surface area contributed by atoms with E-state index >= 15 is 0 Å². The van der Waals surface area contributed by atoms with Crippen molar-refractivity contribution in [2.45, 2.75) is 25.3 Å². The molecule has 2 heterocycles. The summed E-state index contributed by atoms with van der Waals surface area (Å²) >= 11 is 0. The van der Waals surface area contributed by atoms with Gasteiger partial charge in [-0.1, -0.05) is 6.42 Å². The van der Waals surface area contributed by atoms with Crippen molar-refractivity contribution in [1.82, 2.24) is 10.3 Å². The van der Waals surface area contributed by atoms with Gasteiger partial charge >= 0.3 is 0 Å². The number of aromatic nitrogens is 1. The summed E-state index contributed by atoms with van der Waals surface area (Å²) in [5.74, 6) is 0. The van der Waals surface area contributed by atoms with Crippen LogP contribution in [0.3, 0.4) is 0 Å². The third kappa shape index (κ3) is 1.67. The zero-order chi connectivity index (χ0) is 11.0. The van der Waals surface area contributed by atoms with Gasteiger partial charge in [0.25, 0.3) is 0 Å². The van der Waals surface area contributed by atoms with E-state index in [-0.39, 0.29) is 0 Å². The van der Waals surface area contributed by atoms with Gasteiger partial charge in [-0.05, 0) is 43.7 Å². The van der Waals surface area contributed by atoms with E-state index in [4.69, 9.17) is 5.73 Å². The molecule has 0 amide bonds. The van der Waals surface area contributed by atoms with Crippen molar-refractivity contribution in [3.05, 3.63) is 30.0 Å². The number of nitrogens with two attached hydrogens (primary N) is 1. The molecule has 1 aromatic heterocycles. The SMILES string of the molecule is Nc1ccc2[nH]c(C3CCCCN3)cc2c1. The van der Waals surface area contributed by atoms with Crippen molar-refractivity contribution in [3.8, 4) is 0 Å². The van der Waals surface area contributed by atoms with Gasteiger partial charge in [0.2, 0.25) is 0 Å². The third-order valence-electron chi connectivity index (χ3n) is 3.35. The van der Waals surface area contributed by atoms with E-state index in [1.165, 1.54) is 35.9 Å². The molecule has 0 spiro atoms. The van der Waals surface area contributed by atoms with Gasteiger partial charge in [-0.15, -0.1) is 0 Å². The quantitative estimate of drug-likeness (QED) is 0.640. The Kier molecular flexibility index (Phi) is 2.33. The highest BCUT2D eigenvalue weighted by Gasteiger charge is 2.16. The van der Waals surface area contributed by atoms with Crippen LogP contribution in [0.15, 0.2) is 24.3 Å². The Bertz CT molecular complexity index is 495. The fourth-order valence-electron chi connectivity index (χ4n) is 2.48. The van der Waals surface area contributed by atoms with Crippen molar-refractivity contribution >= 4 is 16.6 Å². The second kappa shape index (κ2) is 3.83. The van der Waals surface area contributed by atoms with E-state index in [0.717, 1.165) is 12.2 Å². The van der Waals surface area contributed by atoms with E-state index in [1.54, 1.807) is 0 Å². The minimum absolute atomic E-state index is 0.488. The molecule has 0 aliphatic carbocycles. The minimum Gasteiger partial charge on any atom is -0.399 e. The average Bonchev–Trinajstić information content (AvgIpc) is 2.73. The number of nitrogens with one attached hydrogen (secondary N) is 2. The van der Waals surface area contributed by atoms with E-state index in [0.29, 0.717) is 6.04 Å².